The first-order chi connectivity index (χ1) is 18.9. The molecular weight excluding hydrogens is 504 g/mol. The summed E-state index contributed by atoms with van der Waals surface area (Å²) in [6.07, 6.45) is 4.96. The summed E-state index contributed by atoms with van der Waals surface area (Å²) in [5.41, 5.74) is 4.02. The molecular formula is C28H31F2N7O2. The van der Waals surface area contributed by atoms with Crippen LogP contribution in [0.1, 0.15) is 29.2 Å². The number of halogens is 2. The second-order valence-corrected chi connectivity index (χ2v) is 9.61. The van der Waals surface area contributed by atoms with E-state index in [2.05, 4.69) is 20.8 Å². The Morgan fingerprint density at radius 3 is 2.67 bits per heavy atom. The van der Waals surface area contributed by atoms with E-state index < -0.39 is 17.7 Å². The third-order valence-corrected chi connectivity index (χ3v) is 7.07. The Morgan fingerprint density at radius 1 is 1.13 bits per heavy atom. The molecule has 0 bridgehead atoms. The summed E-state index contributed by atoms with van der Waals surface area (Å²) >= 11 is 0. The van der Waals surface area contributed by atoms with Gasteiger partial charge in [0, 0.05) is 44.5 Å². The van der Waals surface area contributed by atoms with Crippen LogP contribution < -0.4 is 15.5 Å². The van der Waals surface area contributed by atoms with Crippen LogP contribution in [0, 0.1) is 18.6 Å². The number of rotatable bonds is 9. The Labute approximate surface area is 225 Å². The Morgan fingerprint density at radius 2 is 1.95 bits per heavy atom. The zero-order valence-corrected chi connectivity index (χ0v) is 21.8. The lowest BCUT2D eigenvalue weighted by molar-refractivity contribution is 0.195. The fourth-order valence-electron chi connectivity index (χ4n) is 5.04. The van der Waals surface area contributed by atoms with Crippen molar-refractivity contribution in [3.8, 4) is 5.69 Å². The van der Waals surface area contributed by atoms with Crippen LogP contribution in [0.15, 0.2) is 60.9 Å². The zero-order chi connectivity index (χ0) is 27.4. The normalized spacial score (nSPS) is 17.0. The number of nitrogens with one attached hydrogen (secondary N) is 3. The number of para-hydroxylation sites is 1. The van der Waals surface area contributed by atoms with Crippen LogP contribution in [0.3, 0.4) is 0 Å². The van der Waals surface area contributed by atoms with Crippen LogP contribution in [0.5, 0.6) is 0 Å². The molecule has 0 spiro atoms. The van der Waals surface area contributed by atoms with Crippen LogP contribution in [-0.4, -0.2) is 58.9 Å². The minimum absolute atomic E-state index is 0.273. The molecule has 0 aliphatic carbocycles. The summed E-state index contributed by atoms with van der Waals surface area (Å²) in [7, 11) is 1.66. The van der Waals surface area contributed by atoms with Crippen LogP contribution >= 0.6 is 0 Å². The Balaban J connectivity index is 1.39. The van der Waals surface area contributed by atoms with Crippen LogP contribution in [0.4, 0.5) is 25.1 Å². The van der Waals surface area contributed by atoms with E-state index in [0.29, 0.717) is 37.5 Å². The molecule has 3 heterocycles. The molecule has 1 aliphatic heterocycles. The summed E-state index contributed by atoms with van der Waals surface area (Å²) < 4.78 is 34.7. The number of anilines is 2. The minimum Gasteiger partial charge on any atom is -0.385 e. The predicted molar refractivity (Wildman–Crippen MR) is 144 cm³/mol. The van der Waals surface area contributed by atoms with Crippen molar-refractivity contribution < 1.29 is 18.3 Å². The lowest BCUT2D eigenvalue weighted by atomic mass is 9.94. The molecule has 3 N–H and O–H groups in total. The number of ether oxygens (including phenoxy) is 1. The van der Waals surface area contributed by atoms with Crippen molar-refractivity contribution in [3.05, 3.63) is 89.4 Å². The van der Waals surface area contributed by atoms with E-state index in [1.165, 1.54) is 6.07 Å². The van der Waals surface area contributed by atoms with Crippen molar-refractivity contribution in [2.24, 2.45) is 0 Å². The first-order valence-corrected chi connectivity index (χ1v) is 12.8. The van der Waals surface area contributed by atoms with E-state index in [1.54, 1.807) is 30.3 Å². The number of urea groups is 1. The van der Waals surface area contributed by atoms with Crippen LogP contribution in [-0.2, 0) is 11.2 Å². The standard InChI is InChI=1S/C28H31F2N7O2/c1-18-25(9-6-12-39-2)35-37(20-7-4-3-5-8-20)27(18)34-28(38)33-26-17-36(21-14-31-32-15-21)16-22(26)19-10-11-23(29)24(30)13-19/h3-5,7-8,10-11,13-15,22,26H,6,9,12,16-17H2,1-2H3,(H,31,32)(H2,33,34,38). The third kappa shape index (κ3) is 5.78. The predicted octanol–water partition coefficient (Wildman–Crippen LogP) is 4.56. The number of methoxy groups -OCH3 is 1. The highest BCUT2D eigenvalue weighted by Crippen LogP contribution is 2.32. The van der Waals surface area contributed by atoms with Gasteiger partial charge >= 0.3 is 6.03 Å². The summed E-state index contributed by atoms with van der Waals surface area (Å²) in [5.74, 6) is -1.52. The number of nitrogens with zero attached hydrogens (tertiary/aromatic N) is 4. The number of carbonyl (C=O) groups is 1. The molecule has 4 aromatic rings. The van der Waals surface area contributed by atoms with Gasteiger partial charge < -0.3 is 15.0 Å². The molecule has 2 aromatic heterocycles. The SMILES string of the molecule is COCCCc1nn(-c2ccccc2)c(NC(=O)NC2CN(c3cn[nH]c3)CC2c2ccc(F)c(F)c2)c1C. The molecule has 1 fully saturated rings. The molecule has 2 amide bonds. The van der Waals surface area contributed by atoms with E-state index >= 15 is 0 Å². The van der Waals surface area contributed by atoms with Gasteiger partial charge in [-0.2, -0.15) is 10.2 Å². The molecule has 5 rings (SSSR count). The van der Waals surface area contributed by atoms with Gasteiger partial charge in [-0.25, -0.2) is 18.3 Å². The molecule has 9 nitrogen and oxygen atoms in total. The Hall–Kier alpha value is -4.25. The van der Waals surface area contributed by atoms with E-state index in [1.807, 2.05) is 42.2 Å². The van der Waals surface area contributed by atoms with Gasteiger partial charge in [0.1, 0.15) is 5.82 Å². The zero-order valence-electron chi connectivity index (χ0n) is 21.8. The highest BCUT2D eigenvalue weighted by atomic mass is 19.2. The Bertz CT molecular complexity index is 1410. The molecule has 1 saturated heterocycles. The number of carbonyl (C=O) groups excluding carboxylic acids is 1. The molecule has 39 heavy (non-hydrogen) atoms. The summed E-state index contributed by atoms with van der Waals surface area (Å²) in [6.45, 7) is 3.52. The first kappa shape index (κ1) is 26.4. The smallest absolute Gasteiger partial charge is 0.320 e. The van der Waals surface area contributed by atoms with Crippen molar-refractivity contribution in [3.63, 3.8) is 0 Å². The van der Waals surface area contributed by atoms with Gasteiger partial charge in [0.25, 0.3) is 0 Å². The van der Waals surface area contributed by atoms with E-state index in [9.17, 15) is 13.6 Å². The number of benzene rings is 2. The van der Waals surface area contributed by atoms with E-state index in [4.69, 9.17) is 9.84 Å². The van der Waals surface area contributed by atoms with Crippen LogP contribution in [0.2, 0.25) is 0 Å². The molecule has 0 radical (unpaired) electrons. The van der Waals surface area contributed by atoms with Crippen molar-refractivity contribution >= 4 is 17.5 Å². The number of hydrogen-bond acceptors (Lipinski definition) is 5. The number of amides is 2. The first-order valence-electron chi connectivity index (χ1n) is 12.8. The van der Waals surface area contributed by atoms with Crippen molar-refractivity contribution in [2.75, 3.05) is 37.0 Å². The summed E-state index contributed by atoms with van der Waals surface area (Å²) in [4.78, 5) is 15.5. The molecule has 2 aromatic carbocycles. The fourth-order valence-corrected chi connectivity index (χ4v) is 5.04. The molecule has 204 valence electrons. The van der Waals surface area contributed by atoms with Crippen molar-refractivity contribution in [2.45, 2.75) is 31.7 Å². The number of aromatic nitrogens is 4. The summed E-state index contributed by atoms with van der Waals surface area (Å²) in [5, 5.41) is 17.7. The van der Waals surface area contributed by atoms with Gasteiger partial charge in [-0.05, 0) is 49.6 Å². The molecule has 1 aliphatic rings. The second kappa shape index (κ2) is 11.6. The van der Waals surface area contributed by atoms with Crippen molar-refractivity contribution in [1.82, 2.24) is 25.3 Å². The monoisotopic (exact) mass is 535 g/mol. The third-order valence-electron chi connectivity index (χ3n) is 7.07. The van der Waals surface area contributed by atoms with Gasteiger partial charge in [0.05, 0.1) is 29.3 Å². The lowest BCUT2D eigenvalue weighted by Crippen LogP contribution is -2.42. The van der Waals surface area contributed by atoms with Gasteiger partial charge in [-0.15, -0.1) is 0 Å². The van der Waals surface area contributed by atoms with Gasteiger partial charge in [-0.1, -0.05) is 24.3 Å². The largest absolute Gasteiger partial charge is 0.385 e. The maximum absolute atomic E-state index is 14.1. The number of aryl methyl sites for hydroxylation is 1. The highest BCUT2D eigenvalue weighted by Gasteiger charge is 2.36. The van der Waals surface area contributed by atoms with E-state index in [-0.39, 0.29) is 12.0 Å². The molecule has 2 atom stereocenters. The fraction of sp³-hybridized carbons (Fsp3) is 0.321. The van der Waals surface area contributed by atoms with Gasteiger partial charge in [-0.3, -0.25) is 10.4 Å². The van der Waals surface area contributed by atoms with Crippen LogP contribution in [0.25, 0.3) is 5.69 Å². The minimum atomic E-state index is -0.916. The topological polar surface area (TPSA) is 100 Å². The number of aromatic amines is 1. The number of hydrogen-bond donors (Lipinski definition) is 3. The van der Waals surface area contributed by atoms with Crippen molar-refractivity contribution in [1.29, 1.82) is 0 Å². The number of H-pyrrole nitrogens is 1. The second-order valence-electron chi connectivity index (χ2n) is 9.61. The molecule has 2 unspecified atom stereocenters. The van der Waals surface area contributed by atoms with E-state index in [0.717, 1.165) is 35.1 Å². The highest BCUT2D eigenvalue weighted by molar-refractivity contribution is 5.90. The maximum atomic E-state index is 14.1. The molecule has 11 heteroatoms. The van der Waals surface area contributed by atoms with Gasteiger partial charge in [0.15, 0.2) is 11.6 Å². The molecule has 0 saturated carbocycles. The lowest BCUT2D eigenvalue weighted by Gasteiger charge is -2.21. The maximum Gasteiger partial charge on any atom is 0.320 e. The quantitative estimate of drug-likeness (QED) is 0.273. The average molecular weight is 536 g/mol. The van der Waals surface area contributed by atoms with Gasteiger partial charge in [0.2, 0.25) is 0 Å². The average Bonchev–Trinajstić information content (AvgIpc) is 3.68. The Kier molecular flexibility index (Phi) is 7.87. The summed E-state index contributed by atoms with van der Waals surface area (Å²) in [6, 6.07) is 12.7.